The number of unbranched alkanes of at least 4 members (excludes halogenated alkanes) is 3. The van der Waals surface area contributed by atoms with E-state index in [9.17, 15) is 9.59 Å². The molecule has 0 aliphatic rings. The van der Waals surface area contributed by atoms with Gasteiger partial charge in [0.1, 0.15) is 0 Å². The smallest absolute Gasteiger partial charge is 0.253 e. The Kier molecular flexibility index (Phi) is 8.52. The summed E-state index contributed by atoms with van der Waals surface area (Å²) in [5, 5.41) is 5.78. The molecular weight excluding hydrogens is 338 g/mol. The third-order valence-electron chi connectivity index (χ3n) is 4.38. The van der Waals surface area contributed by atoms with E-state index in [1.54, 1.807) is 18.2 Å². The van der Waals surface area contributed by atoms with Crippen LogP contribution in [0.2, 0.25) is 0 Å². The Morgan fingerprint density at radius 2 is 1.63 bits per heavy atom. The number of carbonyl (C=O) groups is 2. The van der Waals surface area contributed by atoms with Gasteiger partial charge in [-0.1, -0.05) is 54.8 Å². The van der Waals surface area contributed by atoms with Crippen LogP contribution in [0.3, 0.4) is 0 Å². The fraction of sp³-hybridized carbons (Fsp3) is 0.364. The van der Waals surface area contributed by atoms with Crippen LogP contribution in [0, 0.1) is 6.92 Å². The molecule has 144 valence electrons. The summed E-state index contributed by atoms with van der Waals surface area (Å²) in [4.78, 5) is 24.7. The summed E-state index contributed by atoms with van der Waals surface area (Å²) in [5.41, 5.74) is 8.71. The van der Waals surface area contributed by atoms with Crippen molar-refractivity contribution in [2.75, 3.05) is 11.9 Å². The van der Waals surface area contributed by atoms with Gasteiger partial charge >= 0.3 is 0 Å². The molecule has 2 aromatic rings. The van der Waals surface area contributed by atoms with Crippen LogP contribution >= 0.6 is 0 Å². The van der Waals surface area contributed by atoms with Gasteiger partial charge in [-0.25, -0.2) is 0 Å². The van der Waals surface area contributed by atoms with E-state index < -0.39 is 0 Å². The lowest BCUT2D eigenvalue weighted by Crippen LogP contribution is -2.24. The first-order chi connectivity index (χ1) is 13.1. The molecule has 0 spiro atoms. The Balaban J connectivity index is 1.88. The molecule has 0 radical (unpaired) electrons. The number of rotatable bonds is 10. The highest BCUT2D eigenvalue weighted by Crippen LogP contribution is 2.16. The van der Waals surface area contributed by atoms with Crippen molar-refractivity contribution in [2.24, 2.45) is 5.73 Å². The van der Waals surface area contributed by atoms with Crippen LogP contribution in [0.4, 0.5) is 5.69 Å². The molecule has 0 saturated carbocycles. The maximum absolute atomic E-state index is 12.5. The summed E-state index contributed by atoms with van der Waals surface area (Å²) >= 11 is 0. The Labute approximate surface area is 161 Å². The monoisotopic (exact) mass is 367 g/mol. The number of aryl methyl sites for hydroxylation is 1. The Morgan fingerprint density at radius 3 is 2.37 bits per heavy atom. The maximum atomic E-state index is 12.5. The Hall–Kier alpha value is -2.66. The molecule has 2 rings (SSSR count). The van der Waals surface area contributed by atoms with Gasteiger partial charge in [0.15, 0.2) is 0 Å². The fourth-order valence-electron chi connectivity index (χ4n) is 2.77. The van der Waals surface area contributed by atoms with Gasteiger partial charge in [0.25, 0.3) is 5.91 Å². The minimum absolute atomic E-state index is 0.0680. The molecule has 5 nitrogen and oxygen atoms in total. The lowest BCUT2D eigenvalue weighted by molar-refractivity contribution is -0.116. The number of benzene rings is 2. The molecule has 0 saturated heterocycles. The molecule has 0 unspecified atom stereocenters. The van der Waals surface area contributed by atoms with Crippen LogP contribution in [0.25, 0.3) is 0 Å². The van der Waals surface area contributed by atoms with Crippen molar-refractivity contribution in [3.8, 4) is 0 Å². The zero-order valence-electron chi connectivity index (χ0n) is 16.0. The predicted molar refractivity (Wildman–Crippen MR) is 110 cm³/mol. The van der Waals surface area contributed by atoms with Gasteiger partial charge in [-0.3, -0.25) is 9.59 Å². The van der Waals surface area contributed by atoms with Crippen LogP contribution in [-0.2, 0) is 11.3 Å². The van der Waals surface area contributed by atoms with Crippen molar-refractivity contribution in [1.82, 2.24) is 5.32 Å². The van der Waals surface area contributed by atoms with Crippen molar-refractivity contribution in [3.05, 3.63) is 65.2 Å². The number of hydrogen-bond donors (Lipinski definition) is 3. The Bertz CT molecular complexity index is 741. The molecule has 0 atom stereocenters. The molecule has 0 fully saturated rings. The highest BCUT2D eigenvalue weighted by atomic mass is 16.2. The largest absolute Gasteiger partial charge is 0.348 e. The van der Waals surface area contributed by atoms with Crippen LogP contribution in [-0.4, -0.2) is 18.4 Å². The van der Waals surface area contributed by atoms with Crippen molar-refractivity contribution < 1.29 is 9.59 Å². The van der Waals surface area contributed by atoms with E-state index in [0.717, 1.165) is 31.2 Å². The third-order valence-corrected chi connectivity index (χ3v) is 4.38. The standard InChI is InChI=1S/C22H29N3O2/c1-17-11-13-18(14-12-17)16-24-22(27)19-8-5-6-9-20(19)25-21(26)10-4-2-3-7-15-23/h5-6,8-9,11-14H,2-4,7,10,15-16,23H2,1H3,(H,24,27)(H,25,26). The van der Waals surface area contributed by atoms with E-state index in [-0.39, 0.29) is 11.8 Å². The van der Waals surface area contributed by atoms with Gasteiger partial charge < -0.3 is 16.4 Å². The van der Waals surface area contributed by atoms with Gasteiger partial charge in [-0.15, -0.1) is 0 Å². The summed E-state index contributed by atoms with van der Waals surface area (Å²) in [7, 11) is 0. The topological polar surface area (TPSA) is 84.2 Å². The first-order valence-electron chi connectivity index (χ1n) is 9.53. The van der Waals surface area contributed by atoms with Gasteiger partial charge in [-0.2, -0.15) is 0 Å². The molecule has 0 heterocycles. The molecule has 4 N–H and O–H groups in total. The van der Waals surface area contributed by atoms with Gasteiger partial charge in [0.2, 0.25) is 5.91 Å². The van der Waals surface area contributed by atoms with Gasteiger partial charge in [0.05, 0.1) is 11.3 Å². The molecule has 0 aliphatic heterocycles. The first-order valence-corrected chi connectivity index (χ1v) is 9.53. The second-order valence-electron chi connectivity index (χ2n) is 6.71. The maximum Gasteiger partial charge on any atom is 0.253 e. The van der Waals surface area contributed by atoms with Crippen LogP contribution in [0.1, 0.15) is 53.6 Å². The second-order valence-corrected chi connectivity index (χ2v) is 6.71. The number of nitrogens with two attached hydrogens (primary N) is 1. The average Bonchev–Trinajstić information content (AvgIpc) is 2.67. The molecule has 0 aliphatic carbocycles. The summed E-state index contributed by atoms with van der Waals surface area (Å²) in [6, 6.07) is 15.1. The number of hydrogen-bond acceptors (Lipinski definition) is 3. The molecule has 2 aromatic carbocycles. The fourth-order valence-corrected chi connectivity index (χ4v) is 2.77. The van der Waals surface area contributed by atoms with Gasteiger partial charge in [0, 0.05) is 13.0 Å². The van der Waals surface area contributed by atoms with Crippen LogP contribution in [0.5, 0.6) is 0 Å². The number of carbonyl (C=O) groups excluding carboxylic acids is 2. The van der Waals surface area contributed by atoms with E-state index >= 15 is 0 Å². The van der Waals surface area contributed by atoms with Crippen molar-refractivity contribution >= 4 is 17.5 Å². The number of amides is 2. The SMILES string of the molecule is Cc1ccc(CNC(=O)c2ccccc2NC(=O)CCCCCCN)cc1. The highest BCUT2D eigenvalue weighted by molar-refractivity contribution is 6.03. The summed E-state index contributed by atoms with van der Waals surface area (Å²) < 4.78 is 0. The number of nitrogens with one attached hydrogen (secondary N) is 2. The normalized spacial score (nSPS) is 10.4. The van der Waals surface area contributed by atoms with E-state index in [2.05, 4.69) is 10.6 Å². The minimum atomic E-state index is -0.200. The van der Waals surface area contributed by atoms with Crippen molar-refractivity contribution in [2.45, 2.75) is 45.6 Å². The lowest BCUT2D eigenvalue weighted by atomic mass is 10.1. The lowest BCUT2D eigenvalue weighted by Gasteiger charge is -2.12. The molecular formula is C22H29N3O2. The zero-order valence-corrected chi connectivity index (χ0v) is 16.0. The molecule has 0 bridgehead atoms. The van der Waals surface area contributed by atoms with E-state index in [1.807, 2.05) is 37.3 Å². The highest BCUT2D eigenvalue weighted by Gasteiger charge is 2.12. The van der Waals surface area contributed by atoms with E-state index in [1.165, 1.54) is 5.56 Å². The predicted octanol–water partition coefficient (Wildman–Crippen LogP) is 3.77. The molecule has 27 heavy (non-hydrogen) atoms. The first kappa shape index (κ1) is 20.6. The minimum Gasteiger partial charge on any atom is -0.348 e. The van der Waals surface area contributed by atoms with E-state index in [4.69, 9.17) is 5.73 Å². The third kappa shape index (κ3) is 7.23. The van der Waals surface area contributed by atoms with Gasteiger partial charge in [-0.05, 0) is 44.0 Å². The van der Waals surface area contributed by atoms with Crippen molar-refractivity contribution in [1.29, 1.82) is 0 Å². The Morgan fingerprint density at radius 1 is 0.926 bits per heavy atom. The average molecular weight is 367 g/mol. The molecule has 5 heteroatoms. The molecule has 2 amide bonds. The second kappa shape index (κ2) is 11.1. The van der Waals surface area contributed by atoms with Crippen molar-refractivity contribution in [3.63, 3.8) is 0 Å². The van der Waals surface area contributed by atoms with Crippen LogP contribution in [0.15, 0.2) is 48.5 Å². The number of para-hydroxylation sites is 1. The number of anilines is 1. The van der Waals surface area contributed by atoms with E-state index in [0.29, 0.717) is 30.8 Å². The summed E-state index contributed by atoms with van der Waals surface area (Å²) in [6.45, 7) is 3.17. The molecule has 0 aromatic heterocycles. The summed E-state index contributed by atoms with van der Waals surface area (Å²) in [6.07, 6.45) is 4.30. The quantitative estimate of drug-likeness (QED) is 0.559. The summed E-state index contributed by atoms with van der Waals surface area (Å²) in [5.74, 6) is -0.268. The zero-order chi connectivity index (χ0) is 19.5. The van der Waals surface area contributed by atoms with Crippen LogP contribution < -0.4 is 16.4 Å².